The summed E-state index contributed by atoms with van der Waals surface area (Å²) in [6.45, 7) is 7.29. The van der Waals surface area contributed by atoms with Crippen LogP contribution >= 0.6 is 0 Å². The third-order valence-corrected chi connectivity index (χ3v) is 5.55. The van der Waals surface area contributed by atoms with Crippen LogP contribution in [0, 0.1) is 5.92 Å². The van der Waals surface area contributed by atoms with Gasteiger partial charge < -0.3 is 19.5 Å². The van der Waals surface area contributed by atoms with Crippen molar-refractivity contribution >= 4 is 34.6 Å². The van der Waals surface area contributed by atoms with Crippen LogP contribution in [0.2, 0.25) is 0 Å². The van der Waals surface area contributed by atoms with Crippen molar-refractivity contribution in [3.63, 3.8) is 0 Å². The molecule has 0 saturated heterocycles. The van der Waals surface area contributed by atoms with Gasteiger partial charge in [-0.25, -0.2) is 4.79 Å². The van der Waals surface area contributed by atoms with Gasteiger partial charge in [-0.15, -0.1) is 0 Å². The van der Waals surface area contributed by atoms with Crippen molar-refractivity contribution in [3.8, 4) is 0 Å². The lowest BCUT2D eigenvalue weighted by atomic mass is 9.95. The topological polar surface area (TPSA) is 125 Å². The smallest absolute Gasteiger partial charge is 0.329 e. The molecule has 0 aromatic carbocycles. The van der Waals surface area contributed by atoms with Crippen LogP contribution in [0.5, 0.6) is 0 Å². The van der Waals surface area contributed by atoms with Crippen LogP contribution in [0.4, 0.5) is 0 Å². The minimum Gasteiger partial charge on any atom is -0.467 e. The van der Waals surface area contributed by atoms with Crippen LogP contribution < -0.4 is 5.32 Å². The van der Waals surface area contributed by atoms with E-state index in [1.54, 1.807) is 13.8 Å². The number of amides is 1. The van der Waals surface area contributed by atoms with Crippen LogP contribution in [-0.4, -0.2) is 64.9 Å². The highest BCUT2D eigenvalue weighted by molar-refractivity contribution is 7.86. The third kappa shape index (κ3) is 6.74. The fraction of sp³-hybridized carbons (Fsp3) is 0.750. The van der Waals surface area contributed by atoms with Crippen molar-refractivity contribution in [1.82, 2.24) is 5.32 Å². The fourth-order valence-electron chi connectivity index (χ4n) is 2.17. The lowest BCUT2D eigenvalue weighted by molar-refractivity contribution is -0.163. The Kier molecular flexibility index (Phi) is 10.1. The first-order valence-electron chi connectivity index (χ1n) is 8.09. The van der Waals surface area contributed by atoms with E-state index in [0.29, 0.717) is 0 Å². The van der Waals surface area contributed by atoms with Gasteiger partial charge in [-0.3, -0.25) is 18.6 Å². The molecule has 0 rings (SSSR count). The second-order valence-corrected chi connectivity index (χ2v) is 7.91. The minimum absolute atomic E-state index is 0.0358. The highest BCUT2D eigenvalue weighted by atomic mass is 32.2. The Morgan fingerprint density at radius 3 is 1.81 bits per heavy atom. The largest absolute Gasteiger partial charge is 0.467 e. The molecule has 10 heteroatoms. The van der Waals surface area contributed by atoms with Crippen LogP contribution in [0.15, 0.2) is 0 Å². The fourth-order valence-corrected chi connectivity index (χ4v) is 3.58. The first-order valence-corrected chi connectivity index (χ1v) is 9.41. The van der Waals surface area contributed by atoms with Crippen molar-refractivity contribution < 1.29 is 37.6 Å². The van der Waals surface area contributed by atoms with E-state index in [-0.39, 0.29) is 19.0 Å². The molecule has 9 nitrogen and oxygen atoms in total. The van der Waals surface area contributed by atoms with Gasteiger partial charge in [-0.2, -0.15) is 0 Å². The molecule has 0 fully saturated rings. The summed E-state index contributed by atoms with van der Waals surface area (Å²) in [5, 5.41) is 2.34. The van der Waals surface area contributed by atoms with Crippen molar-refractivity contribution in [2.24, 2.45) is 5.92 Å². The molecule has 0 aliphatic rings. The standard InChI is InChI=1S/C16H27NO8S/c1-7-24-14(20)12(15(21)25-8-2)16(4,5)26(22)9-11(13(19)23-6)17-10(3)18/h11-12H,7-9H2,1-6H3,(H,17,18)/t11-,26?/m0/s1. The minimum atomic E-state index is -1.89. The van der Waals surface area contributed by atoms with E-state index in [2.05, 4.69) is 10.1 Å². The number of esters is 3. The molecule has 0 saturated carbocycles. The number of hydrogen-bond acceptors (Lipinski definition) is 8. The van der Waals surface area contributed by atoms with E-state index in [1.807, 2.05) is 0 Å². The number of ether oxygens (including phenoxy) is 3. The average Bonchev–Trinajstić information content (AvgIpc) is 2.53. The molecule has 0 aromatic rings. The van der Waals surface area contributed by atoms with E-state index in [0.717, 1.165) is 7.11 Å². The highest BCUT2D eigenvalue weighted by Crippen LogP contribution is 2.28. The summed E-state index contributed by atoms with van der Waals surface area (Å²) < 4.78 is 25.9. The molecule has 150 valence electrons. The van der Waals surface area contributed by atoms with E-state index < -0.39 is 51.3 Å². The molecular formula is C16H27NO8S. The van der Waals surface area contributed by atoms with Crippen LogP contribution in [0.3, 0.4) is 0 Å². The first-order chi connectivity index (χ1) is 12.0. The maximum atomic E-state index is 12.9. The monoisotopic (exact) mass is 393 g/mol. The molecule has 1 unspecified atom stereocenters. The summed E-state index contributed by atoms with van der Waals surface area (Å²) in [7, 11) is -0.764. The van der Waals surface area contributed by atoms with Gasteiger partial charge in [-0.05, 0) is 27.7 Å². The van der Waals surface area contributed by atoms with Gasteiger partial charge in [0, 0.05) is 17.7 Å². The Bertz CT molecular complexity index is 542. The van der Waals surface area contributed by atoms with Gasteiger partial charge in [0.05, 0.1) is 30.8 Å². The predicted octanol–water partition coefficient (Wildman–Crippen LogP) is -0.0662. The maximum Gasteiger partial charge on any atom is 0.329 e. The zero-order chi connectivity index (χ0) is 20.5. The lowest BCUT2D eigenvalue weighted by Crippen LogP contribution is -2.52. The van der Waals surface area contributed by atoms with Gasteiger partial charge in [0.1, 0.15) is 6.04 Å². The molecule has 0 aromatic heterocycles. The SMILES string of the molecule is CCOC(=O)C(C(=O)OCC)C(C)(C)S(=O)C[C@H](NC(C)=O)C(=O)OC. The van der Waals surface area contributed by atoms with Gasteiger partial charge in [0.25, 0.3) is 0 Å². The number of carbonyl (C=O) groups excluding carboxylic acids is 4. The van der Waals surface area contributed by atoms with Crippen molar-refractivity contribution in [2.45, 2.75) is 45.4 Å². The molecule has 0 bridgehead atoms. The first kappa shape index (κ1) is 24.0. The van der Waals surface area contributed by atoms with E-state index in [4.69, 9.17) is 9.47 Å². The second kappa shape index (κ2) is 10.9. The van der Waals surface area contributed by atoms with Crippen LogP contribution in [0.1, 0.15) is 34.6 Å². The molecule has 0 radical (unpaired) electrons. The van der Waals surface area contributed by atoms with Crippen LogP contribution in [-0.2, 0) is 44.2 Å². The summed E-state index contributed by atoms with van der Waals surface area (Å²) in [6.07, 6.45) is 0. The molecule has 2 atom stereocenters. The molecule has 1 N–H and O–H groups in total. The van der Waals surface area contributed by atoms with Gasteiger partial charge in [0.15, 0.2) is 5.92 Å². The number of nitrogens with one attached hydrogen (secondary N) is 1. The second-order valence-electron chi connectivity index (χ2n) is 5.83. The summed E-state index contributed by atoms with van der Waals surface area (Å²) in [4.78, 5) is 47.5. The predicted molar refractivity (Wildman–Crippen MR) is 93.5 cm³/mol. The Balaban J connectivity index is 5.62. The Hall–Kier alpha value is -1.97. The highest BCUT2D eigenvalue weighted by Gasteiger charge is 2.48. The van der Waals surface area contributed by atoms with Crippen LogP contribution in [0.25, 0.3) is 0 Å². The Morgan fingerprint density at radius 1 is 1.00 bits per heavy atom. The molecule has 0 spiro atoms. The summed E-state index contributed by atoms with van der Waals surface area (Å²) in [5.41, 5.74) is 0. The van der Waals surface area contributed by atoms with E-state index in [9.17, 15) is 23.4 Å². The van der Waals surface area contributed by atoms with Gasteiger partial charge in [-0.1, -0.05) is 0 Å². The number of hydrogen-bond donors (Lipinski definition) is 1. The number of carbonyl (C=O) groups is 4. The number of methoxy groups -OCH3 is 1. The van der Waals surface area contributed by atoms with E-state index >= 15 is 0 Å². The molecule has 0 aliphatic heterocycles. The zero-order valence-electron chi connectivity index (χ0n) is 16.0. The average molecular weight is 393 g/mol. The van der Waals surface area contributed by atoms with Gasteiger partial charge >= 0.3 is 17.9 Å². The molecule has 26 heavy (non-hydrogen) atoms. The Labute approximate surface area is 155 Å². The summed E-state index contributed by atoms with van der Waals surface area (Å²) >= 11 is 0. The van der Waals surface area contributed by atoms with Crippen molar-refractivity contribution in [1.29, 1.82) is 0 Å². The molecule has 1 amide bonds. The zero-order valence-corrected chi connectivity index (χ0v) is 16.8. The quantitative estimate of drug-likeness (QED) is 0.311. The summed E-state index contributed by atoms with van der Waals surface area (Å²) in [5.74, 6) is -4.80. The van der Waals surface area contributed by atoms with Crippen molar-refractivity contribution in [3.05, 3.63) is 0 Å². The van der Waals surface area contributed by atoms with Gasteiger partial charge in [0.2, 0.25) is 5.91 Å². The molecule has 0 heterocycles. The number of rotatable bonds is 10. The Morgan fingerprint density at radius 2 is 1.46 bits per heavy atom. The molecular weight excluding hydrogens is 366 g/mol. The molecule has 0 aliphatic carbocycles. The normalized spacial score (nSPS) is 13.5. The van der Waals surface area contributed by atoms with E-state index in [1.165, 1.54) is 20.8 Å². The maximum absolute atomic E-state index is 12.9. The summed E-state index contributed by atoms with van der Waals surface area (Å²) in [6, 6.07) is -1.18. The van der Waals surface area contributed by atoms with Crippen molar-refractivity contribution in [2.75, 3.05) is 26.1 Å². The third-order valence-electron chi connectivity index (χ3n) is 3.51. The lowest BCUT2D eigenvalue weighted by Gasteiger charge is -2.31.